The van der Waals surface area contributed by atoms with Crippen molar-refractivity contribution in [2.45, 2.75) is 102 Å². The van der Waals surface area contributed by atoms with Gasteiger partial charge in [-0.3, -0.25) is 0 Å². The largest absolute Gasteiger partial charge is 0.310 e. The highest BCUT2D eigenvalue weighted by Crippen LogP contribution is 2.46. The lowest BCUT2D eigenvalue weighted by atomic mass is 9.84. The molecule has 0 aromatic heterocycles. The number of hydrogen-bond acceptors (Lipinski definition) is 2. The lowest BCUT2D eigenvalue weighted by molar-refractivity contribution is 0.443. The first-order valence-electron chi connectivity index (χ1n) is 21.3. The smallest absolute Gasteiger partial charge is 0.0543 e. The zero-order chi connectivity index (χ0) is 38.1. The number of nitrogens with zero attached hydrogens (tertiary/aromatic N) is 2. The van der Waals surface area contributed by atoms with Crippen LogP contribution in [0.2, 0.25) is 0 Å². The van der Waals surface area contributed by atoms with E-state index in [9.17, 15) is 0 Å². The fourth-order valence-corrected chi connectivity index (χ4v) is 9.59. The van der Waals surface area contributed by atoms with Crippen molar-refractivity contribution < 1.29 is 0 Å². The van der Waals surface area contributed by atoms with Crippen LogP contribution in [0.3, 0.4) is 0 Å². The van der Waals surface area contributed by atoms with Crippen molar-refractivity contribution in [3.05, 3.63) is 168 Å². The summed E-state index contributed by atoms with van der Waals surface area (Å²) in [6.07, 6.45) is 13.4. The molecule has 2 saturated carbocycles. The normalized spacial score (nSPS) is 15.6. The van der Waals surface area contributed by atoms with Crippen LogP contribution < -0.4 is 9.80 Å². The van der Waals surface area contributed by atoms with Gasteiger partial charge in [-0.25, -0.2) is 0 Å². The highest BCUT2D eigenvalue weighted by molar-refractivity contribution is 6.10. The molecule has 0 amide bonds. The second kappa shape index (κ2) is 15.7. The van der Waals surface area contributed by atoms with Crippen molar-refractivity contribution in [1.29, 1.82) is 0 Å². The van der Waals surface area contributed by atoms with Crippen LogP contribution >= 0.6 is 0 Å². The van der Waals surface area contributed by atoms with Crippen molar-refractivity contribution in [2.75, 3.05) is 9.80 Å². The number of para-hydroxylation sites is 2. The van der Waals surface area contributed by atoms with E-state index in [1.807, 2.05) is 0 Å². The number of hydrogen-bond donors (Lipinski definition) is 0. The molecule has 0 N–H and O–H groups in total. The second-order valence-corrected chi connectivity index (χ2v) is 17.5. The monoisotopic (exact) mass is 732 g/mol. The van der Waals surface area contributed by atoms with Crippen molar-refractivity contribution in [3.8, 4) is 0 Å². The maximum atomic E-state index is 2.49. The molecule has 0 bridgehead atoms. The molecule has 0 atom stereocenters. The molecule has 0 unspecified atom stereocenters. The van der Waals surface area contributed by atoms with Gasteiger partial charge in [0.05, 0.1) is 11.4 Å². The molecule has 9 rings (SSSR count). The van der Waals surface area contributed by atoms with Gasteiger partial charge >= 0.3 is 0 Å². The van der Waals surface area contributed by atoms with Gasteiger partial charge in [0, 0.05) is 33.5 Å². The minimum Gasteiger partial charge on any atom is -0.310 e. The van der Waals surface area contributed by atoms with E-state index in [2.05, 4.69) is 182 Å². The van der Waals surface area contributed by atoms with Crippen LogP contribution in [-0.2, 0) is 5.41 Å². The van der Waals surface area contributed by atoms with Gasteiger partial charge < -0.3 is 9.80 Å². The Bertz CT molecular complexity index is 2390. The van der Waals surface area contributed by atoms with E-state index in [0.717, 1.165) is 0 Å². The first kappa shape index (κ1) is 36.3. The zero-order valence-electron chi connectivity index (χ0n) is 33.6. The molecular formula is C54H56N2. The molecule has 0 spiro atoms. The Morgan fingerprint density at radius 1 is 0.393 bits per heavy atom. The van der Waals surface area contributed by atoms with E-state index < -0.39 is 0 Å². The van der Waals surface area contributed by atoms with Crippen molar-refractivity contribution in [1.82, 2.24) is 0 Å². The summed E-state index contributed by atoms with van der Waals surface area (Å²) in [6, 6.07) is 57.5. The lowest BCUT2D eigenvalue weighted by Gasteiger charge is -2.31. The second-order valence-electron chi connectivity index (χ2n) is 17.5. The fraction of sp³-hybridized carbons (Fsp3) is 0.296. The van der Waals surface area contributed by atoms with Gasteiger partial charge in [0.1, 0.15) is 0 Å². The molecule has 2 aliphatic rings. The molecule has 0 heterocycles. The van der Waals surface area contributed by atoms with Crippen LogP contribution in [-0.4, -0.2) is 0 Å². The van der Waals surface area contributed by atoms with Crippen LogP contribution in [0, 0.1) is 0 Å². The summed E-state index contributed by atoms with van der Waals surface area (Å²) in [4.78, 5) is 4.94. The molecule has 282 valence electrons. The van der Waals surface area contributed by atoms with Crippen molar-refractivity contribution in [3.63, 3.8) is 0 Å². The molecular weight excluding hydrogens is 677 g/mol. The molecule has 7 aromatic rings. The fourth-order valence-electron chi connectivity index (χ4n) is 9.59. The summed E-state index contributed by atoms with van der Waals surface area (Å²) in [6.45, 7) is 7.01. The molecule has 2 aliphatic carbocycles. The topological polar surface area (TPSA) is 6.48 Å². The van der Waals surface area contributed by atoms with Gasteiger partial charge in [-0.15, -0.1) is 0 Å². The Kier molecular flexibility index (Phi) is 10.2. The third-order valence-electron chi connectivity index (χ3n) is 12.7. The minimum atomic E-state index is -0.0409. The Morgan fingerprint density at radius 2 is 0.839 bits per heavy atom. The van der Waals surface area contributed by atoms with Crippen LogP contribution in [0.25, 0.3) is 21.5 Å². The third kappa shape index (κ3) is 7.35. The number of benzene rings is 7. The predicted octanol–water partition coefficient (Wildman–Crippen LogP) is 16.3. The highest BCUT2D eigenvalue weighted by atomic mass is 15.1. The maximum Gasteiger partial charge on any atom is 0.0543 e. The number of fused-ring (bicyclic) bond motifs is 2. The summed E-state index contributed by atoms with van der Waals surface area (Å²) >= 11 is 0. The summed E-state index contributed by atoms with van der Waals surface area (Å²) in [5.74, 6) is 1.36. The Labute approximate surface area is 334 Å². The lowest BCUT2D eigenvalue weighted by Crippen LogP contribution is -2.15. The van der Waals surface area contributed by atoms with Crippen LogP contribution in [0.15, 0.2) is 152 Å². The first-order valence-corrected chi connectivity index (χ1v) is 21.3. The minimum absolute atomic E-state index is 0.0409. The average molecular weight is 733 g/mol. The molecule has 2 heteroatoms. The van der Waals surface area contributed by atoms with Crippen molar-refractivity contribution in [2.24, 2.45) is 0 Å². The van der Waals surface area contributed by atoms with E-state index in [-0.39, 0.29) is 5.41 Å². The van der Waals surface area contributed by atoms with Gasteiger partial charge in [0.25, 0.3) is 0 Å². The molecule has 7 aromatic carbocycles. The summed E-state index contributed by atoms with van der Waals surface area (Å²) in [5.41, 5.74) is 11.4. The summed E-state index contributed by atoms with van der Waals surface area (Å²) in [5, 5.41) is 5.00. The number of anilines is 6. The van der Waals surface area contributed by atoms with Crippen molar-refractivity contribution >= 4 is 55.7 Å². The maximum absolute atomic E-state index is 2.49. The molecule has 0 radical (unpaired) electrons. The third-order valence-corrected chi connectivity index (χ3v) is 12.7. The van der Waals surface area contributed by atoms with E-state index in [1.165, 1.54) is 137 Å². The molecule has 2 nitrogen and oxygen atoms in total. The van der Waals surface area contributed by atoms with Gasteiger partial charge in [-0.05, 0) is 143 Å². The van der Waals surface area contributed by atoms with E-state index in [4.69, 9.17) is 0 Å². The average Bonchev–Trinajstić information content (AvgIpc) is 3.25. The Morgan fingerprint density at radius 3 is 1.34 bits per heavy atom. The molecule has 56 heavy (non-hydrogen) atoms. The summed E-state index contributed by atoms with van der Waals surface area (Å²) < 4.78 is 0. The van der Waals surface area contributed by atoms with E-state index in [1.54, 1.807) is 0 Å². The van der Waals surface area contributed by atoms with Gasteiger partial charge in [0.2, 0.25) is 0 Å². The van der Waals surface area contributed by atoms with Crippen LogP contribution in [0.1, 0.15) is 114 Å². The predicted molar refractivity (Wildman–Crippen MR) is 241 cm³/mol. The van der Waals surface area contributed by atoms with E-state index >= 15 is 0 Å². The quantitative estimate of drug-likeness (QED) is 0.144. The van der Waals surface area contributed by atoms with Crippen LogP contribution in [0.5, 0.6) is 0 Å². The van der Waals surface area contributed by atoms with E-state index in [0.29, 0.717) is 11.8 Å². The highest BCUT2D eigenvalue weighted by Gasteiger charge is 2.24. The van der Waals surface area contributed by atoms with Gasteiger partial charge in [-0.2, -0.15) is 0 Å². The Balaban J connectivity index is 1.21. The van der Waals surface area contributed by atoms with Gasteiger partial charge in [-0.1, -0.05) is 138 Å². The zero-order valence-corrected chi connectivity index (χ0v) is 33.6. The Hall–Kier alpha value is -5.34. The summed E-state index contributed by atoms with van der Waals surface area (Å²) in [7, 11) is 0. The molecule has 2 fully saturated rings. The van der Waals surface area contributed by atoms with Crippen LogP contribution in [0.4, 0.5) is 34.1 Å². The molecule has 0 aliphatic heterocycles. The first-order chi connectivity index (χ1) is 27.4. The standard InChI is InChI=1S/C54H56N2/c1-54(2,3)45-35-44-37-50-43(21-16-26-52(50)55(46-22-12-6-13-23-46)48-31-27-41(28-32-48)39-17-8-4-9-18-39)36-51(44)53(38-45)56(47-24-14-7-15-25-47)49-33-29-42(30-34-49)40-19-10-5-11-20-40/h6-7,12-16,21-40H,4-5,8-11,17-20H2,1-3H3. The van der Waals surface area contributed by atoms with Gasteiger partial charge in [0.15, 0.2) is 0 Å². The number of rotatable bonds is 8. The SMILES string of the molecule is CC(C)(C)c1cc(N(c2ccccc2)c2ccc(C3CCCCC3)cc2)c2cc3cccc(N(c4ccccc4)c4ccc(C5CCCCC5)cc4)c3cc2c1. The molecule has 0 saturated heterocycles.